The fraction of sp³-hybridized carbons (Fsp3) is 0. The molecule has 0 amide bonds. The van der Waals surface area contributed by atoms with E-state index in [0.717, 1.165) is 39.0 Å². The van der Waals surface area contributed by atoms with Crippen LogP contribution in [0.3, 0.4) is 0 Å². The first kappa shape index (κ1) is 17.1. The molecule has 0 radical (unpaired) electrons. The zero-order chi connectivity index (χ0) is 22.0. The Morgan fingerprint density at radius 1 is 0.559 bits per heavy atom. The maximum atomic E-state index is 6.52. The van der Waals surface area contributed by atoms with Crippen molar-refractivity contribution in [2.45, 2.75) is 0 Å². The molecule has 9 rings (SSSR count). The van der Waals surface area contributed by atoms with E-state index >= 15 is 0 Å². The normalized spacial score (nSPS) is 13.5. The lowest BCUT2D eigenvalue weighted by Crippen LogP contribution is -2.58. The number of fused-ring (bicyclic) bond motifs is 12. The molecule has 5 aromatic carbocycles. The summed E-state index contributed by atoms with van der Waals surface area (Å²) in [5.41, 5.74) is 9.18. The number of hydrogen-bond acceptors (Lipinski definition) is 2. The SMILES string of the molecule is c1ccc2c(c1)Oc1ccc3c4ccc5c6ccccc6oc5c4n4c3c1B2c1ccccc1-4. The highest BCUT2D eigenvalue weighted by molar-refractivity contribution is 6.99. The maximum absolute atomic E-state index is 6.52. The average Bonchev–Trinajstić information content (AvgIpc) is 3.44. The van der Waals surface area contributed by atoms with E-state index in [1.807, 2.05) is 12.1 Å². The molecule has 0 N–H and O–H groups in total. The number of hydrogen-bond donors (Lipinski definition) is 0. The van der Waals surface area contributed by atoms with E-state index in [1.165, 1.54) is 38.4 Å². The van der Waals surface area contributed by atoms with Gasteiger partial charge in [-0.05, 0) is 52.8 Å². The molecule has 2 aliphatic heterocycles. The van der Waals surface area contributed by atoms with Crippen molar-refractivity contribution in [1.29, 1.82) is 0 Å². The van der Waals surface area contributed by atoms with Crippen LogP contribution < -0.4 is 21.1 Å². The highest BCUT2D eigenvalue weighted by Gasteiger charge is 2.40. The van der Waals surface area contributed by atoms with Crippen LogP contribution in [0.5, 0.6) is 11.5 Å². The molecular weight excluding hydrogens is 417 g/mol. The van der Waals surface area contributed by atoms with Crippen LogP contribution in [-0.2, 0) is 0 Å². The van der Waals surface area contributed by atoms with Gasteiger partial charge in [0.2, 0.25) is 0 Å². The molecule has 0 unspecified atom stereocenters. The molecule has 3 nitrogen and oxygen atoms in total. The first-order chi connectivity index (χ1) is 16.9. The number of para-hydroxylation sites is 3. The second kappa shape index (κ2) is 5.73. The monoisotopic (exact) mass is 433 g/mol. The van der Waals surface area contributed by atoms with E-state index in [-0.39, 0.29) is 6.71 Å². The fourth-order valence-corrected chi connectivity index (χ4v) is 6.33. The summed E-state index contributed by atoms with van der Waals surface area (Å²) in [5, 5.41) is 4.74. The molecule has 156 valence electrons. The van der Waals surface area contributed by atoms with Crippen molar-refractivity contribution in [3.05, 3.63) is 97.1 Å². The first-order valence-corrected chi connectivity index (χ1v) is 11.7. The van der Waals surface area contributed by atoms with E-state index < -0.39 is 0 Å². The molecule has 0 saturated carbocycles. The Kier molecular flexibility index (Phi) is 2.88. The number of benzene rings is 5. The van der Waals surface area contributed by atoms with Crippen LogP contribution in [0.4, 0.5) is 0 Å². The van der Waals surface area contributed by atoms with Gasteiger partial charge in [0, 0.05) is 27.2 Å². The Hall–Kier alpha value is -4.44. The molecule has 0 aliphatic carbocycles. The Bertz CT molecular complexity index is 2010. The Balaban J connectivity index is 1.56. The predicted octanol–water partition coefficient (Wildman–Crippen LogP) is 5.62. The smallest absolute Gasteiger partial charge is 0.256 e. The molecule has 4 heterocycles. The second-order valence-electron chi connectivity index (χ2n) is 9.28. The summed E-state index contributed by atoms with van der Waals surface area (Å²) in [7, 11) is 0. The lowest BCUT2D eigenvalue weighted by Gasteiger charge is -2.32. The molecule has 0 atom stereocenters. The maximum Gasteiger partial charge on any atom is 0.256 e. The summed E-state index contributed by atoms with van der Waals surface area (Å²) in [4.78, 5) is 0. The van der Waals surface area contributed by atoms with Crippen LogP contribution in [-0.4, -0.2) is 11.3 Å². The van der Waals surface area contributed by atoms with Gasteiger partial charge >= 0.3 is 0 Å². The van der Waals surface area contributed by atoms with Crippen molar-refractivity contribution in [1.82, 2.24) is 4.57 Å². The third-order valence-electron chi connectivity index (χ3n) is 7.66. The number of furan rings is 1. The van der Waals surface area contributed by atoms with Crippen molar-refractivity contribution in [3.8, 4) is 17.2 Å². The van der Waals surface area contributed by atoms with Crippen LogP contribution in [0, 0.1) is 0 Å². The first-order valence-electron chi connectivity index (χ1n) is 11.7. The van der Waals surface area contributed by atoms with E-state index in [0.29, 0.717) is 0 Å². The van der Waals surface area contributed by atoms with E-state index in [2.05, 4.69) is 89.5 Å². The van der Waals surface area contributed by atoms with E-state index in [1.54, 1.807) is 0 Å². The van der Waals surface area contributed by atoms with Crippen LogP contribution in [0.1, 0.15) is 0 Å². The molecule has 4 heteroatoms. The fourth-order valence-electron chi connectivity index (χ4n) is 6.33. The predicted molar refractivity (Wildman–Crippen MR) is 139 cm³/mol. The standard InChI is InChI=1S/C30H16BNO2/c1-5-11-24-17(7-1)20-14-13-19-18-15-16-26-27-28(18)32(29(19)30(20)34-24)23-10-4-2-8-21(23)31(27)22-9-3-6-12-25(22)33-26/h1-16H. The van der Waals surface area contributed by atoms with Gasteiger partial charge in [0.05, 0.1) is 11.0 Å². The van der Waals surface area contributed by atoms with Gasteiger partial charge in [-0.15, -0.1) is 0 Å². The van der Waals surface area contributed by atoms with Crippen LogP contribution in [0.25, 0.3) is 49.4 Å². The largest absolute Gasteiger partial charge is 0.458 e. The summed E-state index contributed by atoms with van der Waals surface area (Å²) < 4.78 is 15.4. The third kappa shape index (κ3) is 1.85. The molecule has 0 fully saturated rings. The molecule has 34 heavy (non-hydrogen) atoms. The lowest BCUT2D eigenvalue weighted by molar-refractivity contribution is 0.488. The topological polar surface area (TPSA) is 27.3 Å². The van der Waals surface area contributed by atoms with Crippen molar-refractivity contribution in [2.24, 2.45) is 0 Å². The minimum atomic E-state index is 0.142. The summed E-state index contributed by atoms with van der Waals surface area (Å²) in [6, 6.07) is 34.3. The lowest BCUT2D eigenvalue weighted by atomic mass is 9.34. The Morgan fingerprint density at radius 3 is 2.26 bits per heavy atom. The van der Waals surface area contributed by atoms with Gasteiger partial charge in [0.15, 0.2) is 5.58 Å². The number of aromatic nitrogens is 1. The molecule has 7 aromatic rings. The molecule has 2 aromatic heterocycles. The summed E-state index contributed by atoms with van der Waals surface area (Å²) >= 11 is 0. The molecule has 0 saturated heterocycles. The van der Waals surface area contributed by atoms with Gasteiger partial charge in [-0.25, -0.2) is 0 Å². The van der Waals surface area contributed by atoms with Gasteiger partial charge in [0.1, 0.15) is 17.1 Å². The van der Waals surface area contributed by atoms with E-state index in [9.17, 15) is 0 Å². The highest BCUT2D eigenvalue weighted by atomic mass is 16.5. The quantitative estimate of drug-likeness (QED) is 0.291. The number of nitrogens with zero attached hydrogens (tertiary/aromatic N) is 1. The minimum Gasteiger partial charge on any atom is -0.458 e. The van der Waals surface area contributed by atoms with Crippen LogP contribution >= 0.6 is 0 Å². The van der Waals surface area contributed by atoms with Crippen LogP contribution in [0.15, 0.2) is 101 Å². The zero-order valence-electron chi connectivity index (χ0n) is 18.1. The van der Waals surface area contributed by atoms with Crippen molar-refractivity contribution in [2.75, 3.05) is 0 Å². The summed E-state index contributed by atoms with van der Waals surface area (Å²) in [6.45, 7) is 0.142. The van der Waals surface area contributed by atoms with Gasteiger partial charge in [-0.3, -0.25) is 0 Å². The third-order valence-corrected chi connectivity index (χ3v) is 7.66. The Labute approximate surface area is 194 Å². The van der Waals surface area contributed by atoms with Crippen molar-refractivity contribution in [3.63, 3.8) is 0 Å². The zero-order valence-corrected chi connectivity index (χ0v) is 18.1. The van der Waals surface area contributed by atoms with Gasteiger partial charge in [-0.1, -0.05) is 60.7 Å². The van der Waals surface area contributed by atoms with Crippen molar-refractivity contribution >= 4 is 66.8 Å². The highest BCUT2D eigenvalue weighted by Crippen LogP contribution is 2.42. The summed E-state index contributed by atoms with van der Waals surface area (Å²) in [6.07, 6.45) is 0. The van der Waals surface area contributed by atoms with Gasteiger partial charge in [-0.2, -0.15) is 0 Å². The number of rotatable bonds is 0. The molecule has 2 aliphatic rings. The van der Waals surface area contributed by atoms with Crippen LogP contribution in [0.2, 0.25) is 0 Å². The molecule has 0 spiro atoms. The van der Waals surface area contributed by atoms with E-state index in [4.69, 9.17) is 9.15 Å². The molecular formula is C30H16BNO2. The minimum absolute atomic E-state index is 0.142. The summed E-state index contributed by atoms with van der Waals surface area (Å²) in [5.74, 6) is 1.88. The average molecular weight is 433 g/mol. The second-order valence-corrected chi connectivity index (χ2v) is 9.28. The Morgan fingerprint density at radius 2 is 1.29 bits per heavy atom. The molecule has 0 bridgehead atoms. The van der Waals surface area contributed by atoms with Gasteiger partial charge < -0.3 is 13.7 Å². The van der Waals surface area contributed by atoms with Crippen molar-refractivity contribution < 1.29 is 9.15 Å². The van der Waals surface area contributed by atoms with Gasteiger partial charge in [0.25, 0.3) is 6.71 Å². The number of ether oxygens (including phenoxy) is 1.